The standard InChI is InChI=1S/C23H23Cl2N3O2/c24-15-9-11-17(12-10-15)28-14-16(26-23(28)18-5-1-2-6-19(18)25)13-22(30)27-20-7-3-4-8-21(20)29/h1-2,5-6,9-12,14,20-21,29H,3-4,7-8,13H2,(H,27,30)/t20-,21-/m1/s1. The van der Waals surface area contributed by atoms with Gasteiger partial charge < -0.3 is 10.4 Å². The first kappa shape index (κ1) is 20.9. The van der Waals surface area contributed by atoms with Gasteiger partial charge in [0.15, 0.2) is 0 Å². The second-order valence-corrected chi connectivity index (χ2v) is 8.43. The highest BCUT2D eigenvalue weighted by molar-refractivity contribution is 6.33. The van der Waals surface area contributed by atoms with Crippen LogP contribution in [0.2, 0.25) is 10.0 Å². The van der Waals surface area contributed by atoms with Crippen LogP contribution in [0.1, 0.15) is 31.4 Å². The van der Waals surface area contributed by atoms with E-state index in [1.165, 1.54) is 0 Å². The molecule has 7 heteroatoms. The Balaban J connectivity index is 1.62. The van der Waals surface area contributed by atoms with Gasteiger partial charge in [0.1, 0.15) is 5.82 Å². The molecule has 0 unspecified atom stereocenters. The van der Waals surface area contributed by atoms with Crippen LogP contribution in [0.4, 0.5) is 0 Å². The molecule has 0 saturated heterocycles. The van der Waals surface area contributed by atoms with Crippen molar-refractivity contribution in [1.29, 1.82) is 0 Å². The molecule has 1 aromatic heterocycles. The van der Waals surface area contributed by atoms with E-state index < -0.39 is 6.10 Å². The van der Waals surface area contributed by atoms with Gasteiger partial charge in [-0.2, -0.15) is 0 Å². The van der Waals surface area contributed by atoms with Gasteiger partial charge in [-0.3, -0.25) is 9.36 Å². The van der Waals surface area contributed by atoms with E-state index in [1.807, 2.05) is 59.3 Å². The number of aliphatic hydroxyl groups is 1. The molecule has 1 aliphatic rings. The van der Waals surface area contributed by atoms with Crippen molar-refractivity contribution in [2.24, 2.45) is 0 Å². The summed E-state index contributed by atoms with van der Waals surface area (Å²) in [4.78, 5) is 17.3. The molecule has 156 valence electrons. The molecule has 0 aliphatic heterocycles. The molecule has 30 heavy (non-hydrogen) atoms. The van der Waals surface area contributed by atoms with Crippen LogP contribution in [-0.2, 0) is 11.2 Å². The monoisotopic (exact) mass is 443 g/mol. The Hall–Kier alpha value is -2.34. The van der Waals surface area contributed by atoms with E-state index in [4.69, 9.17) is 28.2 Å². The SMILES string of the molecule is O=C(Cc1cn(-c2ccc(Cl)cc2)c(-c2ccccc2Cl)n1)N[C@@H]1CCCC[C@H]1O. The fraction of sp³-hybridized carbons (Fsp3) is 0.304. The first-order valence-corrected chi connectivity index (χ1v) is 10.8. The third kappa shape index (κ3) is 4.69. The lowest BCUT2D eigenvalue weighted by molar-refractivity contribution is -0.122. The molecule has 2 atom stereocenters. The minimum Gasteiger partial charge on any atom is -0.391 e. The fourth-order valence-electron chi connectivity index (χ4n) is 3.85. The van der Waals surface area contributed by atoms with Crippen molar-refractivity contribution in [3.8, 4) is 17.1 Å². The van der Waals surface area contributed by atoms with E-state index in [2.05, 4.69) is 5.32 Å². The van der Waals surface area contributed by atoms with Gasteiger partial charge in [-0.25, -0.2) is 4.98 Å². The third-order valence-corrected chi connectivity index (χ3v) is 5.97. The molecule has 4 rings (SSSR count). The largest absolute Gasteiger partial charge is 0.391 e. The van der Waals surface area contributed by atoms with Crippen molar-refractivity contribution in [3.05, 3.63) is 70.5 Å². The predicted molar refractivity (Wildman–Crippen MR) is 119 cm³/mol. The minimum atomic E-state index is -0.479. The zero-order valence-electron chi connectivity index (χ0n) is 16.4. The summed E-state index contributed by atoms with van der Waals surface area (Å²) in [5, 5.41) is 14.3. The highest BCUT2D eigenvalue weighted by atomic mass is 35.5. The van der Waals surface area contributed by atoms with Crippen molar-refractivity contribution in [2.45, 2.75) is 44.2 Å². The Kier molecular flexibility index (Phi) is 6.42. The molecule has 5 nitrogen and oxygen atoms in total. The number of hydrogen-bond acceptors (Lipinski definition) is 3. The minimum absolute atomic E-state index is 0.126. The Morgan fingerprint density at radius 2 is 1.83 bits per heavy atom. The second-order valence-electron chi connectivity index (χ2n) is 7.58. The molecule has 0 spiro atoms. The number of aromatic nitrogens is 2. The smallest absolute Gasteiger partial charge is 0.226 e. The summed E-state index contributed by atoms with van der Waals surface area (Å²) in [5.74, 6) is 0.510. The van der Waals surface area contributed by atoms with Crippen molar-refractivity contribution in [2.75, 3.05) is 0 Å². The molecule has 1 saturated carbocycles. The summed E-state index contributed by atoms with van der Waals surface area (Å²) >= 11 is 12.5. The topological polar surface area (TPSA) is 67.2 Å². The molecule has 0 radical (unpaired) electrons. The number of nitrogens with one attached hydrogen (secondary N) is 1. The number of carbonyl (C=O) groups excluding carboxylic acids is 1. The predicted octanol–water partition coefficient (Wildman–Crippen LogP) is 4.81. The van der Waals surface area contributed by atoms with E-state index >= 15 is 0 Å². The van der Waals surface area contributed by atoms with Crippen LogP contribution in [0.5, 0.6) is 0 Å². The molecule has 1 heterocycles. The molecule has 2 aromatic carbocycles. The van der Waals surface area contributed by atoms with E-state index in [1.54, 1.807) is 0 Å². The number of benzene rings is 2. The van der Waals surface area contributed by atoms with E-state index in [0.29, 0.717) is 21.6 Å². The Labute approximate surface area is 185 Å². The molecular weight excluding hydrogens is 421 g/mol. The lowest BCUT2D eigenvalue weighted by Gasteiger charge is -2.28. The number of hydrogen-bond donors (Lipinski definition) is 2. The maximum absolute atomic E-state index is 12.6. The second kappa shape index (κ2) is 9.21. The van der Waals surface area contributed by atoms with Crippen molar-refractivity contribution < 1.29 is 9.90 Å². The number of halogens is 2. The van der Waals surface area contributed by atoms with Crippen LogP contribution in [0.15, 0.2) is 54.7 Å². The molecule has 2 N–H and O–H groups in total. The van der Waals surface area contributed by atoms with Gasteiger partial charge in [0, 0.05) is 22.5 Å². The first-order chi connectivity index (χ1) is 14.5. The lowest BCUT2D eigenvalue weighted by atomic mass is 9.92. The summed E-state index contributed by atoms with van der Waals surface area (Å²) < 4.78 is 1.91. The van der Waals surface area contributed by atoms with Crippen LogP contribution in [0, 0.1) is 0 Å². The van der Waals surface area contributed by atoms with Crippen molar-refractivity contribution >= 4 is 29.1 Å². The highest BCUT2D eigenvalue weighted by Gasteiger charge is 2.25. The Morgan fingerprint density at radius 3 is 2.57 bits per heavy atom. The highest BCUT2D eigenvalue weighted by Crippen LogP contribution is 2.30. The summed E-state index contributed by atoms with van der Waals surface area (Å²) in [6.07, 6.45) is 5.04. The summed E-state index contributed by atoms with van der Waals surface area (Å²) in [5.41, 5.74) is 2.28. The molecule has 0 bridgehead atoms. The number of imidazole rings is 1. The quantitative estimate of drug-likeness (QED) is 0.594. The normalized spacial score (nSPS) is 18.9. The average Bonchev–Trinajstić information content (AvgIpc) is 3.14. The van der Waals surface area contributed by atoms with Gasteiger partial charge in [0.05, 0.1) is 29.3 Å². The fourth-order valence-corrected chi connectivity index (χ4v) is 4.19. The number of rotatable bonds is 5. The van der Waals surface area contributed by atoms with Crippen molar-refractivity contribution in [1.82, 2.24) is 14.9 Å². The summed E-state index contributed by atoms with van der Waals surface area (Å²) in [7, 11) is 0. The maximum atomic E-state index is 12.6. The maximum Gasteiger partial charge on any atom is 0.226 e. The Morgan fingerprint density at radius 1 is 1.10 bits per heavy atom. The molecule has 1 fully saturated rings. The zero-order valence-corrected chi connectivity index (χ0v) is 17.9. The van der Waals surface area contributed by atoms with Crippen molar-refractivity contribution in [3.63, 3.8) is 0 Å². The van der Waals surface area contributed by atoms with Crippen LogP contribution in [-0.4, -0.2) is 32.7 Å². The van der Waals surface area contributed by atoms with E-state index in [-0.39, 0.29) is 18.4 Å². The van der Waals surface area contributed by atoms with Crippen LogP contribution in [0.3, 0.4) is 0 Å². The molecule has 3 aromatic rings. The van der Waals surface area contributed by atoms with Crippen LogP contribution >= 0.6 is 23.2 Å². The first-order valence-electron chi connectivity index (χ1n) is 10.1. The van der Waals surface area contributed by atoms with Gasteiger partial charge in [-0.1, -0.05) is 48.2 Å². The van der Waals surface area contributed by atoms with E-state index in [9.17, 15) is 9.90 Å². The number of carbonyl (C=O) groups is 1. The Bertz CT molecular complexity index is 1030. The summed E-state index contributed by atoms with van der Waals surface area (Å²) in [6.45, 7) is 0. The summed E-state index contributed by atoms with van der Waals surface area (Å²) in [6, 6.07) is 14.7. The molecule has 1 amide bonds. The van der Waals surface area contributed by atoms with Crippen LogP contribution in [0.25, 0.3) is 17.1 Å². The number of nitrogens with zero attached hydrogens (tertiary/aromatic N) is 2. The molecule has 1 aliphatic carbocycles. The lowest BCUT2D eigenvalue weighted by Crippen LogP contribution is -2.45. The van der Waals surface area contributed by atoms with Gasteiger partial charge in [-0.15, -0.1) is 0 Å². The average molecular weight is 444 g/mol. The third-order valence-electron chi connectivity index (χ3n) is 5.39. The van der Waals surface area contributed by atoms with Gasteiger partial charge in [-0.05, 0) is 49.2 Å². The number of amides is 1. The van der Waals surface area contributed by atoms with Gasteiger partial charge >= 0.3 is 0 Å². The number of aliphatic hydroxyl groups excluding tert-OH is 1. The van der Waals surface area contributed by atoms with E-state index in [0.717, 1.165) is 36.9 Å². The van der Waals surface area contributed by atoms with Crippen LogP contribution < -0.4 is 5.32 Å². The van der Waals surface area contributed by atoms with Gasteiger partial charge in [0.25, 0.3) is 0 Å². The zero-order chi connectivity index (χ0) is 21.1. The van der Waals surface area contributed by atoms with Gasteiger partial charge in [0.2, 0.25) is 5.91 Å². The molecular formula is C23H23Cl2N3O2.